The van der Waals surface area contributed by atoms with Gasteiger partial charge in [-0.2, -0.15) is 0 Å². The summed E-state index contributed by atoms with van der Waals surface area (Å²) in [5, 5.41) is 3.76. The lowest BCUT2D eigenvalue weighted by Crippen LogP contribution is -2.39. The van der Waals surface area contributed by atoms with Gasteiger partial charge in [-0.25, -0.2) is 0 Å². The Morgan fingerprint density at radius 2 is 2.35 bits per heavy atom. The number of aromatic nitrogens is 1. The van der Waals surface area contributed by atoms with Gasteiger partial charge in [-0.15, -0.1) is 0 Å². The van der Waals surface area contributed by atoms with Crippen LogP contribution in [0.1, 0.15) is 43.5 Å². The fourth-order valence-electron chi connectivity index (χ4n) is 3.01. The van der Waals surface area contributed by atoms with E-state index in [0.29, 0.717) is 18.2 Å². The number of rotatable bonds is 2. The molecular formula is C14H20N2O. The number of hydrogen-bond donors (Lipinski definition) is 1. The van der Waals surface area contributed by atoms with E-state index >= 15 is 0 Å². The lowest BCUT2D eigenvalue weighted by molar-refractivity contribution is 0.0111. The Kier molecular flexibility index (Phi) is 3.12. The van der Waals surface area contributed by atoms with Crippen molar-refractivity contribution in [3.63, 3.8) is 0 Å². The zero-order valence-electron chi connectivity index (χ0n) is 10.4. The molecule has 3 heteroatoms. The Balaban J connectivity index is 1.67. The van der Waals surface area contributed by atoms with E-state index < -0.39 is 0 Å². The summed E-state index contributed by atoms with van der Waals surface area (Å²) in [5.41, 5.74) is 2.69. The van der Waals surface area contributed by atoms with E-state index in [-0.39, 0.29) is 0 Å². The van der Waals surface area contributed by atoms with E-state index in [1.807, 2.05) is 12.3 Å². The first-order chi connectivity index (χ1) is 8.33. The second-order valence-corrected chi connectivity index (χ2v) is 5.21. The molecule has 1 aromatic rings. The number of pyridine rings is 1. The molecule has 1 fully saturated rings. The van der Waals surface area contributed by atoms with E-state index in [4.69, 9.17) is 4.74 Å². The number of nitrogens with zero attached hydrogens (tertiary/aromatic N) is 1. The summed E-state index contributed by atoms with van der Waals surface area (Å²) in [7, 11) is 0. The average Bonchev–Trinajstić information content (AvgIpc) is 2.73. The first-order valence-electron chi connectivity index (χ1n) is 6.64. The minimum absolute atomic E-state index is 0.394. The van der Waals surface area contributed by atoms with Gasteiger partial charge in [0.05, 0.1) is 17.8 Å². The van der Waals surface area contributed by atoms with E-state index in [9.17, 15) is 0 Å². The zero-order chi connectivity index (χ0) is 11.7. The van der Waals surface area contributed by atoms with Gasteiger partial charge in [-0.05, 0) is 44.2 Å². The predicted molar refractivity (Wildman–Crippen MR) is 66.9 cm³/mol. The molecule has 1 aromatic heterocycles. The highest BCUT2D eigenvalue weighted by Crippen LogP contribution is 2.30. The number of hydrogen-bond acceptors (Lipinski definition) is 3. The summed E-state index contributed by atoms with van der Waals surface area (Å²) in [6, 6.07) is 5.30. The summed E-state index contributed by atoms with van der Waals surface area (Å²) in [4.78, 5) is 4.53. The molecule has 0 aromatic carbocycles. The van der Waals surface area contributed by atoms with Crippen molar-refractivity contribution in [3.05, 3.63) is 29.6 Å². The lowest BCUT2D eigenvalue weighted by Gasteiger charge is -2.30. The monoisotopic (exact) mass is 232 g/mol. The van der Waals surface area contributed by atoms with Crippen molar-refractivity contribution in [2.75, 3.05) is 6.61 Å². The summed E-state index contributed by atoms with van der Waals surface area (Å²) in [6.07, 6.45) is 6.91. The third kappa shape index (κ3) is 2.35. The molecule has 1 aliphatic heterocycles. The van der Waals surface area contributed by atoms with Crippen LogP contribution in [-0.2, 0) is 11.2 Å². The fourth-order valence-corrected chi connectivity index (χ4v) is 3.01. The molecule has 0 bridgehead atoms. The van der Waals surface area contributed by atoms with Gasteiger partial charge in [0.2, 0.25) is 0 Å². The lowest BCUT2D eigenvalue weighted by atomic mass is 10.0. The summed E-state index contributed by atoms with van der Waals surface area (Å²) >= 11 is 0. The van der Waals surface area contributed by atoms with Crippen molar-refractivity contribution in [3.8, 4) is 0 Å². The molecule has 3 atom stereocenters. The smallest absolute Gasteiger partial charge is 0.0605 e. The van der Waals surface area contributed by atoms with E-state index in [1.165, 1.54) is 24.1 Å². The van der Waals surface area contributed by atoms with Gasteiger partial charge in [0.15, 0.2) is 0 Å². The zero-order valence-corrected chi connectivity index (χ0v) is 10.4. The normalized spacial score (nSPS) is 32.4. The molecule has 0 spiro atoms. The second-order valence-electron chi connectivity index (χ2n) is 5.21. The van der Waals surface area contributed by atoms with Gasteiger partial charge in [0.25, 0.3) is 0 Å². The standard InChI is InChI=1S/C14H20N2O/c1-10-9-12(6-8-17-10)16-13-5-4-11-3-2-7-15-14(11)13/h2-3,7,10,12-13,16H,4-6,8-9H2,1H3. The van der Waals surface area contributed by atoms with Crippen LogP contribution in [0.15, 0.2) is 18.3 Å². The Morgan fingerprint density at radius 3 is 3.24 bits per heavy atom. The molecule has 3 unspecified atom stereocenters. The molecule has 0 saturated carbocycles. The van der Waals surface area contributed by atoms with Crippen molar-refractivity contribution >= 4 is 0 Å². The Hall–Kier alpha value is -0.930. The maximum atomic E-state index is 5.59. The maximum absolute atomic E-state index is 5.59. The SMILES string of the molecule is CC1CC(NC2CCc3cccnc32)CCO1. The molecule has 1 aliphatic carbocycles. The first kappa shape index (κ1) is 11.2. The van der Waals surface area contributed by atoms with Crippen molar-refractivity contribution in [2.24, 2.45) is 0 Å². The highest BCUT2D eigenvalue weighted by atomic mass is 16.5. The van der Waals surface area contributed by atoms with Crippen LogP contribution < -0.4 is 5.32 Å². The van der Waals surface area contributed by atoms with Crippen molar-refractivity contribution in [1.29, 1.82) is 0 Å². The van der Waals surface area contributed by atoms with Crippen LogP contribution in [0.2, 0.25) is 0 Å². The maximum Gasteiger partial charge on any atom is 0.0605 e. The van der Waals surface area contributed by atoms with Gasteiger partial charge < -0.3 is 10.1 Å². The number of ether oxygens (including phenoxy) is 1. The first-order valence-corrected chi connectivity index (χ1v) is 6.64. The van der Waals surface area contributed by atoms with Crippen LogP contribution in [0.5, 0.6) is 0 Å². The van der Waals surface area contributed by atoms with Crippen LogP contribution in [0, 0.1) is 0 Å². The molecule has 1 saturated heterocycles. The van der Waals surface area contributed by atoms with Crippen LogP contribution in [-0.4, -0.2) is 23.7 Å². The topological polar surface area (TPSA) is 34.2 Å². The van der Waals surface area contributed by atoms with Crippen LogP contribution in [0.3, 0.4) is 0 Å². The average molecular weight is 232 g/mol. The molecule has 3 nitrogen and oxygen atoms in total. The van der Waals surface area contributed by atoms with Crippen molar-refractivity contribution < 1.29 is 4.74 Å². The molecule has 0 amide bonds. The molecule has 17 heavy (non-hydrogen) atoms. The van der Waals surface area contributed by atoms with E-state index in [0.717, 1.165) is 19.4 Å². The molecule has 3 rings (SSSR count). The summed E-state index contributed by atoms with van der Waals surface area (Å²) in [5.74, 6) is 0. The van der Waals surface area contributed by atoms with Crippen molar-refractivity contribution in [1.82, 2.24) is 10.3 Å². The summed E-state index contributed by atoms with van der Waals surface area (Å²) in [6.45, 7) is 3.05. The highest BCUT2D eigenvalue weighted by molar-refractivity contribution is 5.28. The Bertz CT molecular complexity index is 394. The van der Waals surface area contributed by atoms with Gasteiger partial charge in [-0.3, -0.25) is 4.98 Å². The molecular weight excluding hydrogens is 212 g/mol. The minimum Gasteiger partial charge on any atom is -0.378 e. The highest BCUT2D eigenvalue weighted by Gasteiger charge is 2.27. The number of fused-ring (bicyclic) bond motifs is 1. The van der Waals surface area contributed by atoms with Crippen LogP contribution >= 0.6 is 0 Å². The fraction of sp³-hybridized carbons (Fsp3) is 0.643. The Morgan fingerprint density at radius 1 is 1.41 bits per heavy atom. The third-order valence-electron chi connectivity index (χ3n) is 3.88. The van der Waals surface area contributed by atoms with Gasteiger partial charge in [0, 0.05) is 18.8 Å². The second kappa shape index (κ2) is 4.75. The van der Waals surface area contributed by atoms with Gasteiger partial charge >= 0.3 is 0 Å². The van der Waals surface area contributed by atoms with Gasteiger partial charge in [0.1, 0.15) is 0 Å². The third-order valence-corrected chi connectivity index (χ3v) is 3.88. The molecule has 92 valence electrons. The summed E-state index contributed by atoms with van der Waals surface area (Å²) < 4.78 is 5.59. The van der Waals surface area contributed by atoms with E-state index in [2.05, 4.69) is 23.3 Å². The van der Waals surface area contributed by atoms with Crippen LogP contribution in [0.25, 0.3) is 0 Å². The quantitative estimate of drug-likeness (QED) is 0.849. The van der Waals surface area contributed by atoms with E-state index in [1.54, 1.807) is 0 Å². The largest absolute Gasteiger partial charge is 0.378 e. The van der Waals surface area contributed by atoms with Gasteiger partial charge in [-0.1, -0.05) is 6.07 Å². The predicted octanol–water partition coefficient (Wildman–Crippen LogP) is 2.23. The molecule has 0 radical (unpaired) electrons. The minimum atomic E-state index is 0.394. The number of nitrogens with one attached hydrogen (secondary N) is 1. The molecule has 1 N–H and O–H groups in total. The molecule has 2 heterocycles. The number of aryl methyl sites for hydroxylation is 1. The van der Waals surface area contributed by atoms with Crippen molar-refractivity contribution in [2.45, 2.75) is 50.8 Å². The Labute approximate surface area is 103 Å². The van der Waals surface area contributed by atoms with Crippen LogP contribution in [0.4, 0.5) is 0 Å². The molecule has 2 aliphatic rings.